The van der Waals surface area contributed by atoms with Gasteiger partial charge in [-0.05, 0) is 49.2 Å². The van der Waals surface area contributed by atoms with Gasteiger partial charge >= 0.3 is 0 Å². The molecule has 2 fully saturated rings. The van der Waals surface area contributed by atoms with Crippen LogP contribution in [0.15, 0.2) is 54.6 Å². The topological polar surface area (TPSA) is 105 Å². The van der Waals surface area contributed by atoms with Crippen molar-refractivity contribution in [2.75, 3.05) is 29.9 Å². The van der Waals surface area contributed by atoms with Gasteiger partial charge in [0.25, 0.3) is 0 Å². The number of amides is 3. The molecule has 0 aliphatic carbocycles. The number of ether oxygens (including phenoxy) is 1. The molecular weight excluding hydrogens is 514 g/mol. The van der Waals surface area contributed by atoms with Crippen molar-refractivity contribution in [3.8, 4) is 5.75 Å². The summed E-state index contributed by atoms with van der Waals surface area (Å²) < 4.78 is 5.67. The van der Waals surface area contributed by atoms with E-state index in [-0.39, 0.29) is 42.6 Å². The van der Waals surface area contributed by atoms with Crippen LogP contribution in [0, 0.1) is 11.8 Å². The smallest absolute Gasteiger partial charge is 0.229 e. The second kappa shape index (κ2) is 11.3. The molecule has 2 saturated heterocycles. The van der Waals surface area contributed by atoms with E-state index in [1.807, 2.05) is 30.3 Å². The van der Waals surface area contributed by atoms with Crippen molar-refractivity contribution in [3.05, 3.63) is 64.6 Å². The third-order valence-corrected chi connectivity index (χ3v) is 7.66. The van der Waals surface area contributed by atoms with Crippen molar-refractivity contribution in [2.45, 2.75) is 25.9 Å². The van der Waals surface area contributed by atoms with Gasteiger partial charge < -0.3 is 19.9 Å². The molecule has 9 nitrogen and oxygen atoms in total. The first-order chi connectivity index (χ1) is 18.0. The maximum Gasteiger partial charge on any atom is 0.229 e. The molecule has 37 heavy (non-hydrogen) atoms. The monoisotopic (exact) mass is 539 g/mol. The van der Waals surface area contributed by atoms with E-state index in [9.17, 15) is 14.4 Å². The fourth-order valence-corrected chi connectivity index (χ4v) is 5.38. The molecule has 0 spiro atoms. The zero-order chi connectivity index (χ0) is 25.8. The first-order valence-corrected chi connectivity index (χ1v) is 13.3. The Morgan fingerprint density at radius 3 is 2.49 bits per heavy atom. The summed E-state index contributed by atoms with van der Waals surface area (Å²) >= 11 is 7.14. The lowest BCUT2D eigenvalue weighted by molar-refractivity contribution is -0.138. The van der Waals surface area contributed by atoms with Crippen LogP contribution in [0.25, 0.3) is 0 Å². The molecule has 1 unspecified atom stereocenters. The fourth-order valence-electron chi connectivity index (χ4n) is 4.60. The van der Waals surface area contributed by atoms with Gasteiger partial charge in [0.15, 0.2) is 5.01 Å². The number of hydrogen-bond donors (Lipinski definition) is 1. The van der Waals surface area contributed by atoms with Crippen molar-refractivity contribution in [3.63, 3.8) is 0 Å². The number of nitrogens with one attached hydrogen (secondary N) is 1. The van der Waals surface area contributed by atoms with Crippen LogP contribution in [0.4, 0.5) is 10.8 Å². The highest BCUT2D eigenvalue weighted by molar-refractivity contribution is 7.15. The van der Waals surface area contributed by atoms with Crippen LogP contribution >= 0.6 is 22.9 Å². The van der Waals surface area contributed by atoms with Crippen LogP contribution in [0.3, 0.4) is 0 Å². The zero-order valence-corrected chi connectivity index (χ0v) is 21.6. The quantitative estimate of drug-likeness (QED) is 0.486. The zero-order valence-electron chi connectivity index (χ0n) is 20.0. The number of benzene rings is 2. The average molecular weight is 540 g/mol. The molecule has 2 aliphatic heterocycles. The van der Waals surface area contributed by atoms with Crippen molar-refractivity contribution < 1.29 is 19.1 Å². The molecule has 1 atom stereocenters. The van der Waals surface area contributed by atoms with E-state index >= 15 is 0 Å². The number of rotatable bonds is 7. The lowest BCUT2D eigenvalue weighted by atomic mass is 9.94. The van der Waals surface area contributed by atoms with E-state index in [1.54, 1.807) is 34.1 Å². The summed E-state index contributed by atoms with van der Waals surface area (Å²) in [7, 11) is 0. The molecule has 2 aromatic carbocycles. The summed E-state index contributed by atoms with van der Waals surface area (Å²) in [5, 5.41) is 12.7. The summed E-state index contributed by atoms with van der Waals surface area (Å²) in [5.41, 5.74) is 0.814. The fraction of sp³-hybridized carbons (Fsp3) is 0.346. The normalized spacial score (nSPS) is 18.2. The van der Waals surface area contributed by atoms with Gasteiger partial charge in [0.2, 0.25) is 22.9 Å². The highest BCUT2D eigenvalue weighted by atomic mass is 35.5. The molecule has 2 aliphatic rings. The van der Waals surface area contributed by atoms with Crippen LogP contribution in [-0.2, 0) is 21.0 Å². The van der Waals surface area contributed by atoms with Gasteiger partial charge in [-0.25, -0.2) is 0 Å². The number of hydrogen-bond acceptors (Lipinski definition) is 7. The minimum absolute atomic E-state index is 0.0138. The number of para-hydroxylation sites is 1. The molecule has 5 rings (SSSR count). The van der Waals surface area contributed by atoms with E-state index < -0.39 is 0 Å². The number of anilines is 2. The van der Waals surface area contributed by atoms with Crippen molar-refractivity contribution in [2.24, 2.45) is 11.8 Å². The Labute approximate surface area is 223 Å². The maximum atomic E-state index is 13.1. The summed E-state index contributed by atoms with van der Waals surface area (Å²) in [4.78, 5) is 41.8. The number of carbonyl (C=O) groups is 3. The van der Waals surface area contributed by atoms with Gasteiger partial charge in [-0.15, -0.1) is 10.2 Å². The standard InChI is InChI=1S/C26H26ClN5O4S/c27-19-6-8-21(9-7-19)36-16-22-29-30-26(37-22)28-24(34)17-10-12-31(13-11-17)25(35)18-14-23(33)32(15-18)20-4-2-1-3-5-20/h1-9,17-18H,10-16H2,(H,28,30,34). The minimum atomic E-state index is -0.354. The number of aromatic nitrogens is 2. The number of nitrogens with zero attached hydrogens (tertiary/aromatic N) is 4. The van der Waals surface area contributed by atoms with Gasteiger partial charge in [0, 0.05) is 42.7 Å². The Kier molecular flexibility index (Phi) is 7.66. The molecule has 1 aromatic heterocycles. The second-order valence-electron chi connectivity index (χ2n) is 9.07. The maximum absolute atomic E-state index is 13.1. The number of piperidine rings is 1. The Balaban J connectivity index is 1.08. The van der Waals surface area contributed by atoms with Crippen LogP contribution in [-0.4, -0.2) is 52.5 Å². The molecular formula is C26H26ClN5O4S. The van der Waals surface area contributed by atoms with E-state index in [1.165, 1.54) is 11.3 Å². The Bertz CT molecular complexity index is 1260. The lowest BCUT2D eigenvalue weighted by Crippen LogP contribution is -2.44. The van der Waals surface area contributed by atoms with E-state index in [2.05, 4.69) is 15.5 Å². The summed E-state index contributed by atoms with van der Waals surface area (Å²) in [6, 6.07) is 16.4. The van der Waals surface area contributed by atoms with Gasteiger partial charge in [0.1, 0.15) is 12.4 Å². The van der Waals surface area contributed by atoms with E-state index in [4.69, 9.17) is 16.3 Å². The Morgan fingerprint density at radius 2 is 1.76 bits per heavy atom. The second-order valence-corrected chi connectivity index (χ2v) is 10.6. The molecule has 192 valence electrons. The van der Waals surface area contributed by atoms with Gasteiger partial charge in [-0.3, -0.25) is 14.4 Å². The third kappa shape index (κ3) is 6.08. The minimum Gasteiger partial charge on any atom is -0.486 e. The van der Waals surface area contributed by atoms with Crippen molar-refractivity contribution in [1.29, 1.82) is 0 Å². The Hall–Kier alpha value is -3.50. The largest absolute Gasteiger partial charge is 0.486 e. The molecule has 0 radical (unpaired) electrons. The molecule has 3 heterocycles. The van der Waals surface area contributed by atoms with E-state index in [0.29, 0.717) is 53.4 Å². The number of halogens is 1. The van der Waals surface area contributed by atoms with Crippen LogP contribution in [0.2, 0.25) is 5.02 Å². The van der Waals surface area contributed by atoms with Crippen LogP contribution in [0.1, 0.15) is 24.3 Å². The number of likely N-dealkylation sites (tertiary alicyclic amines) is 1. The predicted molar refractivity (Wildman–Crippen MR) is 141 cm³/mol. The van der Waals surface area contributed by atoms with E-state index in [0.717, 1.165) is 5.69 Å². The van der Waals surface area contributed by atoms with Crippen LogP contribution in [0.5, 0.6) is 5.75 Å². The first-order valence-electron chi connectivity index (χ1n) is 12.1. The van der Waals surface area contributed by atoms with Crippen LogP contribution < -0.4 is 15.0 Å². The highest BCUT2D eigenvalue weighted by Gasteiger charge is 2.38. The SMILES string of the molecule is O=C(Nc1nnc(COc2ccc(Cl)cc2)s1)C1CCN(C(=O)C2CC(=O)N(c3ccccc3)C2)CC1. The third-order valence-electron chi connectivity index (χ3n) is 6.59. The Morgan fingerprint density at radius 1 is 1.03 bits per heavy atom. The molecule has 0 bridgehead atoms. The molecule has 1 N–H and O–H groups in total. The average Bonchev–Trinajstić information content (AvgIpc) is 3.54. The van der Waals surface area contributed by atoms with Gasteiger partial charge in [-0.1, -0.05) is 41.1 Å². The molecule has 3 aromatic rings. The highest BCUT2D eigenvalue weighted by Crippen LogP contribution is 2.28. The summed E-state index contributed by atoms with van der Waals surface area (Å²) in [5.74, 6) is -0.0735. The predicted octanol–water partition coefficient (Wildman–Crippen LogP) is 4.00. The molecule has 0 saturated carbocycles. The number of carbonyl (C=O) groups excluding carboxylic acids is 3. The van der Waals surface area contributed by atoms with Crippen molar-refractivity contribution >= 4 is 51.5 Å². The van der Waals surface area contributed by atoms with Gasteiger partial charge in [-0.2, -0.15) is 0 Å². The first kappa shape index (κ1) is 25.2. The molecule has 3 amide bonds. The van der Waals surface area contributed by atoms with Gasteiger partial charge in [0.05, 0.1) is 5.92 Å². The van der Waals surface area contributed by atoms with Crippen molar-refractivity contribution in [1.82, 2.24) is 15.1 Å². The summed E-state index contributed by atoms with van der Waals surface area (Å²) in [6.45, 7) is 1.61. The molecule has 11 heteroatoms. The lowest BCUT2D eigenvalue weighted by Gasteiger charge is -2.32. The summed E-state index contributed by atoms with van der Waals surface area (Å²) in [6.07, 6.45) is 1.34.